The number of fused-ring (bicyclic) bond motifs is 1. The maximum atomic E-state index is 12.5. The number of hydrogen-bond acceptors (Lipinski definition) is 5. The second-order valence-electron chi connectivity index (χ2n) is 6.34. The number of carbonyl (C=O) groups excluding carboxylic acids is 1. The van der Waals surface area contributed by atoms with E-state index in [0.717, 1.165) is 0 Å². The molecule has 1 aliphatic heterocycles. The maximum Gasteiger partial charge on any atom is 0.331 e. The first-order valence-electron chi connectivity index (χ1n) is 7.81. The fraction of sp³-hybridized carbons (Fsp3) is 0.353. The van der Waals surface area contributed by atoms with Gasteiger partial charge in [0, 0.05) is 6.20 Å². The van der Waals surface area contributed by atoms with E-state index in [0.29, 0.717) is 17.2 Å². The van der Waals surface area contributed by atoms with Gasteiger partial charge in [0.2, 0.25) is 6.10 Å². The van der Waals surface area contributed by atoms with Crippen LogP contribution in [-0.2, 0) is 15.1 Å². The minimum Gasteiger partial charge on any atom is -0.482 e. The number of nitrogens with one attached hydrogen (secondary N) is 1. The average Bonchev–Trinajstić information content (AvgIpc) is 3.03. The van der Waals surface area contributed by atoms with Crippen LogP contribution in [0, 0.1) is 0 Å². The van der Waals surface area contributed by atoms with Crippen LogP contribution in [0.1, 0.15) is 20.8 Å². The van der Waals surface area contributed by atoms with Crippen molar-refractivity contribution in [2.24, 2.45) is 0 Å². The third kappa shape index (κ3) is 3.15. The van der Waals surface area contributed by atoms with E-state index >= 15 is 0 Å². The SMILES string of the molecule is CC1Oc2ccccc2OC1C(=O)Nc1cnn(C(C)(C)C(=O)O)c1. The van der Waals surface area contributed by atoms with Crippen molar-refractivity contribution in [3.63, 3.8) is 0 Å². The van der Waals surface area contributed by atoms with E-state index in [1.54, 1.807) is 25.1 Å². The molecule has 2 heterocycles. The van der Waals surface area contributed by atoms with Gasteiger partial charge >= 0.3 is 5.97 Å². The predicted octanol–water partition coefficient (Wildman–Crippen LogP) is 1.87. The zero-order valence-electron chi connectivity index (χ0n) is 14.1. The van der Waals surface area contributed by atoms with E-state index in [2.05, 4.69) is 10.4 Å². The van der Waals surface area contributed by atoms with Gasteiger partial charge in [-0.15, -0.1) is 0 Å². The molecule has 1 amide bonds. The summed E-state index contributed by atoms with van der Waals surface area (Å²) in [5, 5.41) is 15.9. The first-order valence-corrected chi connectivity index (χ1v) is 7.81. The summed E-state index contributed by atoms with van der Waals surface area (Å²) in [4.78, 5) is 23.8. The number of carbonyl (C=O) groups is 2. The molecule has 2 atom stereocenters. The minimum absolute atomic E-state index is 0.383. The van der Waals surface area contributed by atoms with Gasteiger partial charge in [-0.1, -0.05) is 12.1 Å². The number of rotatable bonds is 4. The molecule has 0 radical (unpaired) electrons. The fourth-order valence-corrected chi connectivity index (χ4v) is 2.41. The molecular formula is C17H19N3O5. The molecule has 0 fully saturated rings. The zero-order valence-corrected chi connectivity index (χ0v) is 14.1. The highest BCUT2D eigenvalue weighted by molar-refractivity contribution is 5.95. The molecule has 0 bridgehead atoms. The topological polar surface area (TPSA) is 103 Å². The molecule has 2 aromatic rings. The van der Waals surface area contributed by atoms with Crippen molar-refractivity contribution in [1.29, 1.82) is 0 Å². The summed E-state index contributed by atoms with van der Waals surface area (Å²) < 4.78 is 12.7. The molecule has 3 rings (SSSR count). The summed E-state index contributed by atoms with van der Waals surface area (Å²) >= 11 is 0. The Bertz CT molecular complexity index is 814. The molecule has 1 aromatic carbocycles. The highest BCUT2D eigenvalue weighted by Crippen LogP contribution is 2.33. The molecule has 0 saturated heterocycles. The average molecular weight is 345 g/mol. The highest BCUT2D eigenvalue weighted by Gasteiger charge is 2.35. The highest BCUT2D eigenvalue weighted by atomic mass is 16.6. The summed E-state index contributed by atoms with van der Waals surface area (Å²) in [6, 6.07) is 7.13. The molecule has 8 heteroatoms. The molecule has 132 valence electrons. The van der Waals surface area contributed by atoms with Crippen molar-refractivity contribution >= 4 is 17.6 Å². The standard InChI is InChI=1S/C17H19N3O5/c1-10-14(25-13-7-5-4-6-12(13)24-10)15(21)19-11-8-18-20(9-11)17(2,3)16(22)23/h4-10,14H,1-3H3,(H,19,21)(H,22,23). The first kappa shape index (κ1) is 16.8. The Morgan fingerprint density at radius 2 is 1.88 bits per heavy atom. The maximum absolute atomic E-state index is 12.5. The second kappa shape index (κ2) is 6.12. The molecule has 2 N–H and O–H groups in total. The zero-order chi connectivity index (χ0) is 18.2. The molecule has 0 saturated carbocycles. The summed E-state index contributed by atoms with van der Waals surface area (Å²) in [7, 11) is 0. The second-order valence-corrected chi connectivity index (χ2v) is 6.34. The number of amides is 1. The summed E-state index contributed by atoms with van der Waals surface area (Å²) in [5.74, 6) is -0.323. The van der Waals surface area contributed by atoms with Crippen LogP contribution in [0.5, 0.6) is 11.5 Å². The summed E-state index contributed by atoms with van der Waals surface area (Å²) in [6.45, 7) is 4.78. The van der Waals surface area contributed by atoms with Crippen LogP contribution in [0.25, 0.3) is 0 Å². The van der Waals surface area contributed by atoms with Gasteiger partial charge in [0.05, 0.1) is 11.9 Å². The van der Waals surface area contributed by atoms with Crippen molar-refractivity contribution in [1.82, 2.24) is 9.78 Å². The number of carboxylic acid groups (broad SMARTS) is 1. The summed E-state index contributed by atoms with van der Waals surface area (Å²) in [6.07, 6.45) is 1.56. The van der Waals surface area contributed by atoms with Crippen molar-refractivity contribution in [3.05, 3.63) is 36.7 Å². The van der Waals surface area contributed by atoms with Crippen molar-refractivity contribution < 1.29 is 24.2 Å². The Labute approximate surface area is 144 Å². The quantitative estimate of drug-likeness (QED) is 0.877. The lowest BCUT2D eigenvalue weighted by molar-refractivity contribution is -0.146. The van der Waals surface area contributed by atoms with Crippen LogP contribution in [0.15, 0.2) is 36.7 Å². The molecular weight excluding hydrogens is 326 g/mol. The van der Waals surface area contributed by atoms with Crippen LogP contribution in [0.4, 0.5) is 5.69 Å². The molecule has 1 aromatic heterocycles. The largest absolute Gasteiger partial charge is 0.482 e. The Morgan fingerprint density at radius 1 is 1.24 bits per heavy atom. The van der Waals surface area contributed by atoms with Gasteiger partial charge in [-0.05, 0) is 32.9 Å². The van der Waals surface area contributed by atoms with Crippen molar-refractivity contribution in [2.75, 3.05) is 5.32 Å². The molecule has 25 heavy (non-hydrogen) atoms. The van der Waals surface area contributed by atoms with Gasteiger partial charge in [0.1, 0.15) is 6.10 Å². The fourth-order valence-electron chi connectivity index (χ4n) is 2.41. The lowest BCUT2D eigenvalue weighted by atomic mass is 10.1. The smallest absolute Gasteiger partial charge is 0.331 e. The van der Waals surface area contributed by atoms with E-state index in [9.17, 15) is 14.7 Å². The van der Waals surface area contributed by atoms with Crippen LogP contribution >= 0.6 is 0 Å². The monoisotopic (exact) mass is 345 g/mol. The number of aliphatic carboxylic acids is 1. The van der Waals surface area contributed by atoms with E-state index in [1.807, 2.05) is 6.07 Å². The molecule has 0 spiro atoms. The van der Waals surface area contributed by atoms with Gasteiger partial charge in [0.25, 0.3) is 5.91 Å². The number of benzene rings is 1. The van der Waals surface area contributed by atoms with Gasteiger partial charge in [-0.25, -0.2) is 4.79 Å². The molecule has 0 aliphatic carbocycles. The van der Waals surface area contributed by atoms with Gasteiger partial charge in [0.15, 0.2) is 17.0 Å². The number of carboxylic acids is 1. The van der Waals surface area contributed by atoms with Gasteiger partial charge in [-0.2, -0.15) is 5.10 Å². The Kier molecular flexibility index (Phi) is 4.12. The normalized spacial score (nSPS) is 19.3. The Hall–Kier alpha value is -3.03. The number of para-hydroxylation sites is 2. The Balaban J connectivity index is 1.73. The first-order chi connectivity index (χ1) is 11.8. The molecule has 2 unspecified atom stereocenters. The van der Waals surface area contributed by atoms with E-state index in [1.165, 1.54) is 30.9 Å². The van der Waals surface area contributed by atoms with Crippen molar-refractivity contribution in [2.45, 2.75) is 38.5 Å². The third-order valence-corrected chi connectivity index (χ3v) is 4.05. The molecule has 8 nitrogen and oxygen atoms in total. The minimum atomic E-state index is -1.22. The van der Waals surface area contributed by atoms with E-state index < -0.39 is 29.6 Å². The van der Waals surface area contributed by atoms with Gasteiger partial charge in [-0.3, -0.25) is 9.48 Å². The van der Waals surface area contributed by atoms with Crippen LogP contribution in [0.3, 0.4) is 0 Å². The lowest BCUT2D eigenvalue weighted by Gasteiger charge is -2.30. The van der Waals surface area contributed by atoms with E-state index in [4.69, 9.17) is 9.47 Å². The third-order valence-electron chi connectivity index (χ3n) is 4.05. The summed E-state index contributed by atoms with van der Waals surface area (Å²) in [5.41, 5.74) is -0.839. The Morgan fingerprint density at radius 3 is 2.52 bits per heavy atom. The predicted molar refractivity (Wildman–Crippen MR) is 88.8 cm³/mol. The van der Waals surface area contributed by atoms with Gasteiger partial charge < -0.3 is 19.9 Å². The molecule has 1 aliphatic rings. The van der Waals surface area contributed by atoms with Crippen LogP contribution < -0.4 is 14.8 Å². The number of anilines is 1. The lowest BCUT2D eigenvalue weighted by Crippen LogP contribution is -2.46. The van der Waals surface area contributed by atoms with Crippen molar-refractivity contribution in [3.8, 4) is 11.5 Å². The number of ether oxygens (including phenoxy) is 2. The van der Waals surface area contributed by atoms with Crippen LogP contribution in [0.2, 0.25) is 0 Å². The number of aromatic nitrogens is 2. The number of hydrogen-bond donors (Lipinski definition) is 2. The number of nitrogens with zero attached hydrogens (tertiary/aromatic N) is 2. The van der Waals surface area contributed by atoms with E-state index in [-0.39, 0.29) is 0 Å². The van der Waals surface area contributed by atoms with Crippen LogP contribution in [-0.4, -0.2) is 39.0 Å².